The monoisotopic (exact) mass is 232 g/mol. The zero-order valence-electron chi connectivity index (χ0n) is 8.96. The van der Waals surface area contributed by atoms with Crippen LogP contribution in [-0.4, -0.2) is 18.3 Å². The molecular weight excluding hydrogens is 220 g/mol. The van der Waals surface area contributed by atoms with Gasteiger partial charge in [0, 0.05) is 18.1 Å². The summed E-state index contributed by atoms with van der Waals surface area (Å²) in [5, 5.41) is 2.04. The van der Waals surface area contributed by atoms with Crippen molar-refractivity contribution in [3.05, 3.63) is 46.3 Å². The summed E-state index contributed by atoms with van der Waals surface area (Å²) in [6, 6.07) is 7.64. The van der Waals surface area contributed by atoms with E-state index in [4.69, 9.17) is 0 Å². The predicted molar refractivity (Wildman–Crippen MR) is 66.1 cm³/mol. The Bertz CT molecular complexity index is 468. The molecule has 4 heteroatoms. The smallest absolute Gasteiger partial charge is 0.153 e. The van der Waals surface area contributed by atoms with Crippen molar-refractivity contribution >= 4 is 23.4 Å². The van der Waals surface area contributed by atoms with Gasteiger partial charge in [-0.25, -0.2) is 4.98 Å². The molecule has 2 heterocycles. The van der Waals surface area contributed by atoms with E-state index in [1.807, 2.05) is 23.4 Å². The molecule has 0 N–H and O–H groups in total. The van der Waals surface area contributed by atoms with Crippen LogP contribution < -0.4 is 4.90 Å². The molecule has 0 unspecified atom stereocenters. The minimum Gasteiger partial charge on any atom is -0.354 e. The lowest BCUT2D eigenvalue weighted by Gasteiger charge is -2.18. The van der Waals surface area contributed by atoms with Gasteiger partial charge in [-0.15, -0.1) is 11.3 Å². The SMILES string of the molecule is CN(Cc1cccs1)c1ncccc1C=O. The second kappa shape index (κ2) is 4.90. The first kappa shape index (κ1) is 10.8. The number of anilines is 1. The highest BCUT2D eigenvalue weighted by Crippen LogP contribution is 2.18. The molecule has 0 aromatic carbocycles. The summed E-state index contributed by atoms with van der Waals surface area (Å²) in [6.07, 6.45) is 2.54. The number of aromatic nitrogens is 1. The van der Waals surface area contributed by atoms with E-state index in [1.165, 1.54) is 4.88 Å². The van der Waals surface area contributed by atoms with Gasteiger partial charge in [0.1, 0.15) is 5.82 Å². The van der Waals surface area contributed by atoms with Crippen LogP contribution in [0, 0.1) is 0 Å². The van der Waals surface area contributed by atoms with Crippen LogP contribution in [0.15, 0.2) is 35.8 Å². The number of carbonyl (C=O) groups excluding carboxylic acids is 1. The molecule has 0 aliphatic rings. The molecule has 2 aromatic heterocycles. The molecule has 0 saturated heterocycles. The van der Waals surface area contributed by atoms with Crippen LogP contribution in [0.2, 0.25) is 0 Å². The Hall–Kier alpha value is -1.68. The predicted octanol–water partition coefficient (Wildman–Crippen LogP) is 2.59. The van der Waals surface area contributed by atoms with Gasteiger partial charge >= 0.3 is 0 Å². The molecule has 2 aromatic rings. The summed E-state index contributed by atoms with van der Waals surface area (Å²) >= 11 is 1.70. The number of carbonyl (C=O) groups is 1. The van der Waals surface area contributed by atoms with Gasteiger partial charge in [-0.3, -0.25) is 4.79 Å². The highest BCUT2D eigenvalue weighted by atomic mass is 32.1. The van der Waals surface area contributed by atoms with Gasteiger partial charge in [-0.05, 0) is 23.6 Å². The van der Waals surface area contributed by atoms with E-state index in [0.717, 1.165) is 18.6 Å². The summed E-state index contributed by atoms with van der Waals surface area (Å²) in [7, 11) is 1.94. The van der Waals surface area contributed by atoms with Gasteiger partial charge in [-0.2, -0.15) is 0 Å². The van der Waals surface area contributed by atoms with Gasteiger partial charge < -0.3 is 4.90 Å². The summed E-state index contributed by atoms with van der Waals surface area (Å²) < 4.78 is 0. The first-order valence-electron chi connectivity index (χ1n) is 4.95. The minimum absolute atomic E-state index is 0.626. The van der Waals surface area contributed by atoms with Crippen molar-refractivity contribution in [2.24, 2.45) is 0 Å². The summed E-state index contributed by atoms with van der Waals surface area (Å²) in [6.45, 7) is 0.773. The zero-order valence-corrected chi connectivity index (χ0v) is 9.78. The fraction of sp³-hybridized carbons (Fsp3) is 0.167. The Morgan fingerprint density at radius 1 is 1.44 bits per heavy atom. The van der Waals surface area contributed by atoms with E-state index in [1.54, 1.807) is 29.7 Å². The Morgan fingerprint density at radius 2 is 2.31 bits per heavy atom. The van der Waals surface area contributed by atoms with Crippen molar-refractivity contribution in [2.75, 3.05) is 11.9 Å². The molecule has 0 bridgehead atoms. The second-order valence-corrected chi connectivity index (χ2v) is 4.50. The average Bonchev–Trinajstić information content (AvgIpc) is 2.81. The number of thiophene rings is 1. The van der Waals surface area contributed by atoms with Gasteiger partial charge in [0.25, 0.3) is 0 Å². The van der Waals surface area contributed by atoms with Crippen molar-refractivity contribution in [1.29, 1.82) is 0 Å². The van der Waals surface area contributed by atoms with E-state index in [-0.39, 0.29) is 0 Å². The molecule has 0 aliphatic heterocycles. The molecule has 3 nitrogen and oxygen atoms in total. The summed E-state index contributed by atoms with van der Waals surface area (Å²) in [5.74, 6) is 0.728. The second-order valence-electron chi connectivity index (χ2n) is 3.47. The van der Waals surface area contributed by atoms with E-state index >= 15 is 0 Å². The molecule has 0 radical (unpaired) electrons. The first-order valence-corrected chi connectivity index (χ1v) is 5.83. The quantitative estimate of drug-likeness (QED) is 0.760. The normalized spacial score (nSPS) is 10.1. The molecule has 0 amide bonds. The number of rotatable bonds is 4. The fourth-order valence-corrected chi connectivity index (χ4v) is 2.29. The molecule has 16 heavy (non-hydrogen) atoms. The van der Waals surface area contributed by atoms with Gasteiger partial charge in [0.15, 0.2) is 6.29 Å². The van der Waals surface area contributed by atoms with Crippen molar-refractivity contribution in [1.82, 2.24) is 4.98 Å². The molecule has 82 valence electrons. The average molecular weight is 232 g/mol. The third-order valence-electron chi connectivity index (χ3n) is 2.28. The summed E-state index contributed by atoms with van der Waals surface area (Å²) in [5.41, 5.74) is 0.626. The molecule has 2 rings (SSSR count). The maximum Gasteiger partial charge on any atom is 0.153 e. The van der Waals surface area contributed by atoms with Gasteiger partial charge in [0.2, 0.25) is 0 Å². The fourth-order valence-electron chi connectivity index (χ4n) is 1.53. The lowest BCUT2D eigenvalue weighted by molar-refractivity contribution is 0.112. The van der Waals surface area contributed by atoms with Crippen LogP contribution >= 0.6 is 11.3 Å². The largest absolute Gasteiger partial charge is 0.354 e. The first-order chi connectivity index (χ1) is 7.81. The Morgan fingerprint density at radius 3 is 3.00 bits per heavy atom. The van der Waals surface area contributed by atoms with Crippen molar-refractivity contribution in [2.45, 2.75) is 6.54 Å². The van der Waals surface area contributed by atoms with Gasteiger partial charge in [0.05, 0.1) is 12.1 Å². The summed E-state index contributed by atoms with van der Waals surface area (Å²) in [4.78, 5) is 18.3. The highest BCUT2D eigenvalue weighted by Gasteiger charge is 2.08. The third-order valence-corrected chi connectivity index (χ3v) is 3.14. The maximum atomic E-state index is 10.9. The van der Waals surface area contributed by atoms with E-state index < -0.39 is 0 Å². The highest BCUT2D eigenvalue weighted by molar-refractivity contribution is 7.09. The van der Waals surface area contributed by atoms with Crippen LogP contribution in [0.1, 0.15) is 15.2 Å². The van der Waals surface area contributed by atoms with Crippen LogP contribution in [0.4, 0.5) is 5.82 Å². The van der Waals surface area contributed by atoms with Crippen molar-refractivity contribution in [3.8, 4) is 0 Å². The number of nitrogens with zero attached hydrogens (tertiary/aromatic N) is 2. The van der Waals surface area contributed by atoms with Crippen LogP contribution in [-0.2, 0) is 6.54 Å². The zero-order chi connectivity index (χ0) is 11.4. The van der Waals surface area contributed by atoms with Crippen molar-refractivity contribution in [3.63, 3.8) is 0 Å². The van der Waals surface area contributed by atoms with Crippen molar-refractivity contribution < 1.29 is 4.79 Å². The Balaban J connectivity index is 2.20. The number of hydrogen-bond acceptors (Lipinski definition) is 4. The lowest BCUT2D eigenvalue weighted by Crippen LogP contribution is -2.18. The number of aldehydes is 1. The molecule has 0 atom stereocenters. The van der Waals surface area contributed by atoms with Crippen LogP contribution in [0.3, 0.4) is 0 Å². The topological polar surface area (TPSA) is 33.2 Å². The molecule has 0 saturated carbocycles. The van der Waals surface area contributed by atoms with Gasteiger partial charge in [-0.1, -0.05) is 6.07 Å². The maximum absolute atomic E-state index is 10.9. The number of pyridine rings is 1. The standard InChI is InChI=1S/C12H12N2OS/c1-14(8-11-5-3-7-16-11)12-10(9-15)4-2-6-13-12/h2-7,9H,8H2,1H3. The Kier molecular flexibility index (Phi) is 3.31. The lowest BCUT2D eigenvalue weighted by atomic mass is 10.2. The molecule has 0 fully saturated rings. The minimum atomic E-state index is 0.626. The van der Waals surface area contributed by atoms with E-state index in [9.17, 15) is 4.79 Å². The third kappa shape index (κ3) is 2.28. The van der Waals surface area contributed by atoms with E-state index in [2.05, 4.69) is 11.1 Å². The molecule has 0 aliphatic carbocycles. The molecular formula is C12H12N2OS. The Labute approximate surface area is 98.4 Å². The van der Waals surface area contributed by atoms with E-state index in [0.29, 0.717) is 5.56 Å². The number of hydrogen-bond donors (Lipinski definition) is 0. The van der Waals surface area contributed by atoms with Crippen LogP contribution in [0.5, 0.6) is 0 Å². The molecule has 0 spiro atoms. The van der Waals surface area contributed by atoms with Crippen LogP contribution in [0.25, 0.3) is 0 Å².